The summed E-state index contributed by atoms with van der Waals surface area (Å²) in [5, 5.41) is 0. The summed E-state index contributed by atoms with van der Waals surface area (Å²) in [5.41, 5.74) is 1.62. The lowest BCUT2D eigenvalue weighted by molar-refractivity contribution is -0.183. The van der Waals surface area contributed by atoms with Crippen molar-refractivity contribution in [2.24, 2.45) is 0 Å². The van der Waals surface area contributed by atoms with Crippen LogP contribution in [-0.2, 0) is 9.53 Å². The van der Waals surface area contributed by atoms with Crippen LogP contribution in [0.1, 0.15) is 27.6 Å². The largest absolute Gasteiger partial charge is 0.351 e. The van der Waals surface area contributed by atoms with Crippen molar-refractivity contribution in [2.75, 3.05) is 6.61 Å². The van der Waals surface area contributed by atoms with Gasteiger partial charge in [0.05, 0.1) is 17.7 Å². The Kier molecular flexibility index (Phi) is 2.35. The molecule has 0 bridgehead atoms. The van der Waals surface area contributed by atoms with Crippen molar-refractivity contribution in [3.8, 4) is 0 Å². The summed E-state index contributed by atoms with van der Waals surface area (Å²) < 4.78 is 5.57. The Bertz CT molecular complexity index is 689. The number of nitrogens with zero attached hydrogens (tertiary/aromatic N) is 2. The zero-order valence-corrected chi connectivity index (χ0v) is 11.3. The van der Waals surface area contributed by atoms with Crippen LogP contribution in [0, 0.1) is 0 Å². The molecule has 0 aromatic heterocycles. The zero-order chi connectivity index (χ0) is 14.7. The highest BCUT2D eigenvalue weighted by Gasteiger charge is 2.57. The van der Waals surface area contributed by atoms with E-state index in [0.29, 0.717) is 17.7 Å². The number of carbonyl (C=O) groups is 3. The molecule has 3 amide bonds. The highest BCUT2D eigenvalue weighted by molar-refractivity contribution is 6.23. The molecule has 0 N–H and O–H groups in total. The normalized spacial score (nSPS) is 27.3. The molecular weight excluding hydrogens is 272 g/mol. The Hall–Kier alpha value is -2.47. The predicted molar refractivity (Wildman–Crippen MR) is 71.1 cm³/mol. The SMILES string of the molecule is CC1=CN2C(=O)[C@H](N3C(=O)c4ccccc4C3=O)[C@H]2OC1. The third-order valence-electron chi connectivity index (χ3n) is 4.00. The number of rotatable bonds is 1. The number of amides is 3. The van der Waals surface area contributed by atoms with Crippen LogP contribution >= 0.6 is 0 Å². The number of hydrogen-bond acceptors (Lipinski definition) is 4. The molecule has 0 unspecified atom stereocenters. The van der Waals surface area contributed by atoms with Gasteiger partial charge in [0.25, 0.3) is 17.7 Å². The molecule has 3 aliphatic rings. The van der Waals surface area contributed by atoms with Crippen molar-refractivity contribution in [1.29, 1.82) is 0 Å². The van der Waals surface area contributed by atoms with Crippen LogP contribution in [0.15, 0.2) is 36.0 Å². The summed E-state index contributed by atoms with van der Waals surface area (Å²) in [7, 11) is 0. The minimum atomic E-state index is -0.859. The maximum Gasteiger partial charge on any atom is 0.262 e. The summed E-state index contributed by atoms with van der Waals surface area (Å²) in [4.78, 5) is 39.5. The fourth-order valence-electron chi connectivity index (χ4n) is 2.97. The van der Waals surface area contributed by atoms with Crippen LogP contribution in [0.3, 0.4) is 0 Å². The van der Waals surface area contributed by atoms with Gasteiger partial charge in [0, 0.05) is 6.20 Å². The van der Waals surface area contributed by atoms with Gasteiger partial charge in [-0.2, -0.15) is 0 Å². The van der Waals surface area contributed by atoms with E-state index in [4.69, 9.17) is 4.74 Å². The molecule has 1 aromatic rings. The fraction of sp³-hybridized carbons (Fsp3) is 0.267. The molecule has 21 heavy (non-hydrogen) atoms. The lowest BCUT2D eigenvalue weighted by atomic mass is 10.0. The van der Waals surface area contributed by atoms with E-state index in [2.05, 4.69) is 0 Å². The molecule has 1 aromatic carbocycles. The smallest absolute Gasteiger partial charge is 0.262 e. The third kappa shape index (κ3) is 1.48. The van der Waals surface area contributed by atoms with Crippen LogP contribution in [0.2, 0.25) is 0 Å². The Labute approximate surface area is 120 Å². The van der Waals surface area contributed by atoms with Crippen molar-refractivity contribution in [2.45, 2.75) is 19.2 Å². The number of benzene rings is 1. The Morgan fingerprint density at radius 2 is 1.71 bits per heavy atom. The monoisotopic (exact) mass is 284 g/mol. The molecule has 4 rings (SSSR count). The van der Waals surface area contributed by atoms with E-state index >= 15 is 0 Å². The molecule has 3 heterocycles. The summed E-state index contributed by atoms with van der Waals surface area (Å²) in [6, 6.07) is 5.74. The van der Waals surface area contributed by atoms with Gasteiger partial charge in [-0.25, -0.2) is 0 Å². The number of fused-ring (bicyclic) bond motifs is 2. The van der Waals surface area contributed by atoms with Crippen LogP contribution in [0.5, 0.6) is 0 Å². The third-order valence-corrected chi connectivity index (χ3v) is 4.00. The van der Waals surface area contributed by atoms with E-state index < -0.39 is 24.1 Å². The summed E-state index contributed by atoms with van der Waals surface area (Å²) >= 11 is 0. The predicted octanol–water partition coefficient (Wildman–Crippen LogP) is 0.754. The van der Waals surface area contributed by atoms with Gasteiger partial charge in [-0.1, -0.05) is 12.1 Å². The first-order valence-electron chi connectivity index (χ1n) is 6.67. The fourth-order valence-corrected chi connectivity index (χ4v) is 2.97. The van der Waals surface area contributed by atoms with E-state index in [1.54, 1.807) is 30.5 Å². The summed E-state index contributed by atoms with van der Waals surface area (Å²) in [6.07, 6.45) is 1.15. The van der Waals surface area contributed by atoms with Gasteiger partial charge < -0.3 is 4.74 Å². The number of hydrogen-bond donors (Lipinski definition) is 0. The zero-order valence-electron chi connectivity index (χ0n) is 11.3. The van der Waals surface area contributed by atoms with E-state index in [1.165, 1.54) is 4.90 Å². The second kappa shape index (κ2) is 4.02. The van der Waals surface area contributed by atoms with Crippen LogP contribution in [0.25, 0.3) is 0 Å². The summed E-state index contributed by atoms with van der Waals surface area (Å²) in [5.74, 6) is -1.14. The molecule has 0 aliphatic carbocycles. The van der Waals surface area contributed by atoms with Crippen molar-refractivity contribution in [3.63, 3.8) is 0 Å². The number of imide groups is 1. The molecule has 0 radical (unpaired) electrons. The maximum absolute atomic E-state index is 12.4. The second-order valence-corrected chi connectivity index (χ2v) is 5.39. The Morgan fingerprint density at radius 1 is 1.10 bits per heavy atom. The molecule has 2 atom stereocenters. The molecule has 0 spiro atoms. The van der Waals surface area contributed by atoms with Gasteiger partial charge in [0.15, 0.2) is 12.3 Å². The van der Waals surface area contributed by atoms with Gasteiger partial charge >= 0.3 is 0 Å². The number of β-lactam (4-membered cyclic amide) rings is 1. The molecule has 1 saturated heterocycles. The maximum atomic E-state index is 12.4. The minimum absolute atomic E-state index is 0.284. The van der Waals surface area contributed by atoms with Gasteiger partial charge in [-0.15, -0.1) is 0 Å². The first-order valence-corrected chi connectivity index (χ1v) is 6.67. The van der Waals surface area contributed by atoms with E-state index in [0.717, 1.165) is 10.5 Å². The van der Waals surface area contributed by atoms with E-state index in [-0.39, 0.29) is 5.91 Å². The minimum Gasteiger partial charge on any atom is -0.351 e. The molecule has 3 aliphatic heterocycles. The highest BCUT2D eigenvalue weighted by atomic mass is 16.5. The first kappa shape index (κ1) is 12.3. The molecule has 106 valence electrons. The van der Waals surface area contributed by atoms with Crippen molar-refractivity contribution in [3.05, 3.63) is 47.2 Å². The average molecular weight is 284 g/mol. The molecule has 0 saturated carbocycles. The van der Waals surface area contributed by atoms with Crippen molar-refractivity contribution < 1.29 is 19.1 Å². The van der Waals surface area contributed by atoms with Gasteiger partial charge in [-0.05, 0) is 24.6 Å². The van der Waals surface area contributed by atoms with Crippen molar-refractivity contribution in [1.82, 2.24) is 9.80 Å². The Balaban J connectivity index is 1.69. The van der Waals surface area contributed by atoms with Gasteiger partial charge in [0.1, 0.15) is 0 Å². The molecule has 6 nitrogen and oxygen atoms in total. The summed E-state index contributed by atoms with van der Waals surface area (Å²) in [6.45, 7) is 2.26. The molecule has 6 heteroatoms. The quantitative estimate of drug-likeness (QED) is 0.564. The molecule has 1 fully saturated rings. The van der Waals surface area contributed by atoms with Gasteiger partial charge in [0.2, 0.25) is 0 Å². The van der Waals surface area contributed by atoms with Gasteiger partial charge in [-0.3, -0.25) is 24.2 Å². The highest BCUT2D eigenvalue weighted by Crippen LogP contribution is 2.35. The number of ether oxygens (including phenoxy) is 1. The first-order chi connectivity index (χ1) is 10.1. The van der Waals surface area contributed by atoms with Crippen LogP contribution in [-0.4, -0.2) is 46.4 Å². The lowest BCUT2D eigenvalue weighted by Crippen LogP contribution is -2.71. The van der Waals surface area contributed by atoms with E-state index in [1.807, 2.05) is 6.92 Å². The van der Waals surface area contributed by atoms with Crippen molar-refractivity contribution >= 4 is 17.7 Å². The molecular formula is C15H12N2O4. The van der Waals surface area contributed by atoms with E-state index in [9.17, 15) is 14.4 Å². The second-order valence-electron chi connectivity index (χ2n) is 5.39. The average Bonchev–Trinajstić information content (AvgIpc) is 2.74. The topological polar surface area (TPSA) is 66.9 Å². The number of carbonyl (C=O) groups excluding carboxylic acids is 3. The standard InChI is InChI=1S/C15H12N2O4/c1-8-6-16-14(20)11(15(16)21-7-8)17-12(18)9-4-2-3-5-10(9)13(17)19/h2-6,11,15H,7H2,1H3/t11-,15+/m0/s1. The van der Waals surface area contributed by atoms with Crippen LogP contribution in [0.4, 0.5) is 0 Å². The lowest BCUT2D eigenvalue weighted by Gasteiger charge is -2.49. The van der Waals surface area contributed by atoms with Crippen LogP contribution < -0.4 is 0 Å². The Morgan fingerprint density at radius 3 is 2.33 bits per heavy atom.